The van der Waals surface area contributed by atoms with E-state index in [-0.39, 0.29) is 6.04 Å². The quantitative estimate of drug-likeness (QED) is 0.384. The van der Waals surface area contributed by atoms with Crippen LogP contribution in [0.3, 0.4) is 0 Å². The number of nitrogens with two attached hydrogens (primary N) is 1. The number of hydrogen-bond donors (Lipinski definition) is 4. The number of carbonyl (C=O) groups excluding carboxylic acids is 1. The van der Waals surface area contributed by atoms with Crippen LogP contribution in [-0.2, 0) is 0 Å². The van der Waals surface area contributed by atoms with Crippen LogP contribution in [0.25, 0.3) is 0 Å². The van der Waals surface area contributed by atoms with Crippen LogP contribution in [-0.4, -0.2) is 53.6 Å². The third-order valence-electron chi connectivity index (χ3n) is 6.04. The molecule has 1 aromatic heterocycles. The van der Waals surface area contributed by atoms with Crippen molar-refractivity contribution in [2.45, 2.75) is 32.2 Å². The van der Waals surface area contributed by atoms with Gasteiger partial charge in [0.05, 0.1) is 0 Å². The van der Waals surface area contributed by atoms with Gasteiger partial charge in [0.2, 0.25) is 23.8 Å². The van der Waals surface area contributed by atoms with Crippen LogP contribution in [0.15, 0.2) is 48.5 Å². The van der Waals surface area contributed by atoms with Crippen molar-refractivity contribution >= 4 is 29.4 Å². The van der Waals surface area contributed by atoms with Gasteiger partial charge in [-0.15, -0.1) is 0 Å². The minimum Gasteiger partial charge on any atom is -0.366 e. The van der Waals surface area contributed by atoms with Crippen LogP contribution in [0.1, 0.15) is 40.7 Å². The van der Waals surface area contributed by atoms with Crippen molar-refractivity contribution in [3.05, 3.63) is 65.2 Å². The Kier molecular flexibility index (Phi) is 7.22. The van der Waals surface area contributed by atoms with Gasteiger partial charge in [0, 0.05) is 37.4 Å². The summed E-state index contributed by atoms with van der Waals surface area (Å²) in [5.41, 5.74) is 8.83. The summed E-state index contributed by atoms with van der Waals surface area (Å²) in [6.45, 7) is 6.72. The molecule has 4 rings (SSSR count). The molecule has 2 atom stereocenters. The van der Waals surface area contributed by atoms with Gasteiger partial charge in [0.1, 0.15) is 0 Å². The van der Waals surface area contributed by atoms with Gasteiger partial charge >= 0.3 is 0 Å². The van der Waals surface area contributed by atoms with E-state index in [0.29, 0.717) is 29.3 Å². The first kappa shape index (κ1) is 23.4. The molecule has 0 spiro atoms. The van der Waals surface area contributed by atoms with E-state index >= 15 is 0 Å². The monoisotopic (exact) mass is 460 g/mol. The van der Waals surface area contributed by atoms with Crippen LogP contribution in [0, 0.1) is 6.92 Å². The number of primary amides is 1. The molecule has 0 radical (unpaired) electrons. The fourth-order valence-corrected chi connectivity index (χ4v) is 4.03. The molecule has 2 heterocycles. The number of aromatic nitrogens is 3. The zero-order valence-corrected chi connectivity index (χ0v) is 19.9. The highest BCUT2D eigenvalue weighted by molar-refractivity contribution is 5.94. The number of rotatable bonds is 9. The van der Waals surface area contributed by atoms with Gasteiger partial charge < -0.3 is 26.6 Å². The predicted octanol–water partition coefficient (Wildman–Crippen LogP) is 3.04. The normalized spacial score (nSPS) is 16.1. The van der Waals surface area contributed by atoms with Gasteiger partial charge in [-0.25, -0.2) is 0 Å². The molecule has 1 fully saturated rings. The lowest BCUT2D eigenvalue weighted by Gasteiger charge is -2.23. The summed E-state index contributed by atoms with van der Waals surface area (Å²) in [6.07, 6.45) is 1.00. The fraction of sp³-hybridized carbons (Fsp3) is 0.360. The third-order valence-corrected chi connectivity index (χ3v) is 6.04. The average molecular weight is 461 g/mol. The van der Waals surface area contributed by atoms with E-state index in [1.807, 2.05) is 31.0 Å². The maximum atomic E-state index is 11.7. The van der Waals surface area contributed by atoms with Crippen molar-refractivity contribution in [3.63, 3.8) is 0 Å². The summed E-state index contributed by atoms with van der Waals surface area (Å²) >= 11 is 0. The lowest BCUT2D eigenvalue weighted by molar-refractivity contribution is 0.100. The molecule has 1 saturated heterocycles. The topological polar surface area (TPSA) is 121 Å². The summed E-state index contributed by atoms with van der Waals surface area (Å²) in [6, 6.07) is 15.9. The fourth-order valence-electron chi connectivity index (χ4n) is 4.03. The first-order valence-corrected chi connectivity index (χ1v) is 11.6. The summed E-state index contributed by atoms with van der Waals surface area (Å²) in [4.78, 5) is 27.7. The maximum Gasteiger partial charge on any atom is 0.248 e. The summed E-state index contributed by atoms with van der Waals surface area (Å²) in [5.74, 6) is 1.30. The first-order valence-electron chi connectivity index (χ1n) is 11.6. The summed E-state index contributed by atoms with van der Waals surface area (Å²) in [5, 5.41) is 10.0. The molecule has 9 nitrogen and oxygen atoms in total. The molecule has 5 N–H and O–H groups in total. The zero-order chi connectivity index (χ0) is 24.1. The van der Waals surface area contributed by atoms with Gasteiger partial charge in [0.15, 0.2) is 0 Å². The Labute approximate surface area is 200 Å². The Hall–Kier alpha value is -3.72. The van der Waals surface area contributed by atoms with Crippen LogP contribution in [0.4, 0.5) is 23.5 Å². The average Bonchev–Trinajstić information content (AvgIpc) is 3.33. The molecule has 0 bridgehead atoms. The van der Waals surface area contributed by atoms with E-state index < -0.39 is 5.91 Å². The van der Waals surface area contributed by atoms with E-state index in [2.05, 4.69) is 57.1 Å². The smallest absolute Gasteiger partial charge is 0.248 e. The molecule has 9 heteroatoms. The third kappa shape index (κ3) is 5.79. The maximum absolute atomic E-state index is 11.7. The lowest BCUT2D eigenvalue weighted by atomic mass is 10.0. The van der Waals surface area contributed by atoms with Crippen LogP contribution in [0.5, 0.6) is 0 Å². The molecule has 0 saturated carbocycles. The van der Waals surface area contributed by atoms with Crippen molar-refractivity contribution in [2.75, 3.05) is 42.2 Å². The van der Waals surface area contributed by atoms with E-state index in [1.165, 1.54) is 5.56 Å². The van der Waals surface area contributed by atoms with E-state index in [9.17, 15) is 4.79 Å². The number of nitrogens with zero attached hydrogens (tertiary/aromatic N) is 4. The molecule has 2 aromatic carbocycles. The highest BCUT2D eigenvalue weighted by Gasteiger charge is 2.19. The summed E-state index contributed by atoms with van der Waals surface area (Å²) < 4.78 is 0. The zero-order valence-electron chi connectivity index (χ0n) is 19.9. The second-order valence-corrected chi connectivity index (χ2v) is 8.83. The minimum absolute atomic E-state index is 0.261. The molecule has 3 aromatic rings. The molecule has 178 valence electrons. The Morgan fingerprint density at radius 2 is 1.94 bits per heavy atom. The number of nitrogens with one attached hydrogen (secondary N) is 3. The van der Waals surface area contributed by atoms with Crippen molar-refractivity contribution in [1.29, 1.82) is 0 Å². The standard InChI is InChI=1S/C25H32N8O/c1-16-9-10-19(22(26)34)13-21(16)29-24-30-23(28-20-11-12-27-14-20)31-25(32-24)33(3)15-17(2)18-7-5-4-6-8-18/h4-10,13,17,20,27H,11-12,14-15H2,1-3H3,(H2,26,34)(H2,28,29,30,31,32)/t17?,20-/m0/s1. The Morgan fingerprint density at radius 1 is 1.18 bits per heavy atom. The second kappa shape index (κ2) is 10.5. The van der Waals surface area contributed by atoms with Gasteiger partial charge in [-0.3, -0.25) is 4.79 Å². The minimum atomic E-state index is -0.481. The second-order valence-electron chi connectivity index (χ2n) is 8.83. The number of benzene rings is 2. The van der Waals surface area contributed by atoms with Crippen molar-refractivity contribution in [1.82, 2.24) is 20.3 Å². The molecule has 1 aliphatic heterocycles. The van der Waals surface area contributed by atoms with Crippen LogP contribution in [0.2, 0.25) is 0 Å². The highest BCUT2D eigenvalue weighted by atomic mass is 16.1. The molecular weight excluding hydrogens is 428 g/mol. The van der Waals surface area contributed by atoms with Crippen molar-refractivity contribution in [2.24, 2.45) is 5.73 Å². The van der Waals surface area contributed by atoms with Crippen LogP contribution >= 0.6 is 0 Å². The summed E-state index contributed by atoms with van der Waals surface area (Å²) in [7, 11) is 1.98. The Morgan fingerprint density at radius 3 is 2.65 bits per heavy atom. The number of hydrogen-bond acceptors (Lipinski definition) is 8. The van der Waals surface area contributed by atoms with Gasteiger partial charge in [-0.1, -0.05) is 43.3 Å². The van der Waals surface area contributed by atoms with E-state index in [0.717, 1.165) is 37.3 Å². The van der Waals surface area contributed by atoms with E-state index in [4.69, 9.17) is 10.7 Å². The van der Waals surface area contributed by atoms with Gasteiger partial charge in [0.25, 0.3) is 0 Å². The van der Waals surface area contributed by atoms with Crippen molar-refractivity contribution in [3.8, 4) is 0 Å². The first-order chi connectivity index (χ1) is 16.4. The molecule has 1 amide bonds. The molecular formula is C25H32N8O. The Balaban J connectivity index is 1.61. The number of carbonyl (C=O) groups is 1. The molecule has 0 aliphatic carbocycles. The van der Waals surface area contributed by atoms with Crippen LogP contribution < -0.4 is 26.6 Å². The SMILES string of the molecule is Cc1ccc(C(N)=O)cc1Nc1nc(N[C@H]2CCNC2)nc(N(C)CC(C)c2ccccc2)n1. The number of amides is 1. The number of aryl methyl sites for hydroxylation is 1. The number of anilines is 4. The largest absolute Gasteiger partial charge is 0.366 e. The molecule has 34 heavy (non-hydrogen) atoms. The van der Waals surface area contributed by atoms with E-state index in [1.54, 1.807) is 12.1 Å². The molecule has 1 aliphatic rings. The lowest BCUT2D eigenvalue weighted by Crippen LogP contribution is -2.27. The van der Waals surface area contributed by atoms with Gasteiger partial charge in [-0.05, 0) is 49.1 Å². The predicted molar refractivity (Wildman–Crippen MR) is 136 cm³/mol. The molecule has 1 unspecified atom stereocenters. The Bertz CT molecular complexity index is 1130. The highest BCUT2D eigenvalue weighted by Crippen LogP contribution is 2.24. The number of likely N-dealkylation sites (N-methyl/N-ethyl adjacent to an activating group) is 1. The van der Waals surface area contributed by atoms with Crippen molar-refractivity contribution < 1.29 is 4.79 Å². The van der Waals surface area contributed by atoms with Gasteiger partial charge in [-0.2, -0.15) is 15.0 Å².